The fourth-order valence-electron chi connectivity index (χ4n) is 2.80. The van der Waals surface area contributed by atoms with Crippen LogP contribution in [0.1, 0.15) is 43.0 Å². The van der Waals surface area contributed by atoms with E-state index in [4.69, 9.17) is 5.73 Å². The fourth-order valence-corrected chi connectivity index (χ4v) is 2.80. The van der Waals surface area contributed by atoms with E-state index in [2.05, 4.69) is 17.2 Å². The number of carbonyl (C=O) groups excluding carboxylic acids is 1. The number of aromatic nitrogens is 1. The van der Waals surface area contributed by atoms with E-state index in [1.165, 1.54) is 24.8 Å². The van der Waals surface area contributed by atoms with E-state index >= 15 is 0 Å². The topological polar surface area (TPSA) is 88.0 Å². The molecule has 1 fully saturated rings. The monoisotopic (exact) mass is 263 g/mol. The van der Waals surface area contributed by atoms with Gasteiger partial charge in [0.05, 0.1) is 11.1 Å². The van der Waals surface area contributed by atoms with Crippen LogP contribution in [0.3, 0.4) is 0 Å². The molecule has 0 saturated heterocycles. The lowest BCUT2D eigenvalue weighted by Crippen LogP contribution is -2.59. The summed E-state index contributed by atoms with van der Waals surface area (Å²) in [6.07, 6.45) is 5.73. The zero-order chi connectivity index (χ0) is 13.9. The van der Waals surface area contributed by atoms with Gasteiger partial charge in [0.2, 0.25) is 5.56 Å². The molecule has 2 atom stereocenters. The second kappa shape index (κ2) is 5.57. The molecule has 0 aromatic carbocycles. The predicted molar refractivity (Wildman–Crippen MR) is 73.9 cm³/mol. The summed E-state index contributed by atoms with van der Waals surface area (Å²) >= 11 is 0. The van der Waals surface area contributed by atoms with Crippen molar-refractivity contribution in [2.45, 2.75) is 38.1 Å². The van der Waals surface area contributed by atoms with Crippen LogP contribution in [0.15, 0.2) is 23.1 Å². The van der Waals surface area contributed by atoms with Crippen LogP contribution in [0.25, 0.3) is 0 Å². The van der Waals surface area contributed by atoms with E-state index < -0.39 is 0 Å². The molecule has 4 N–H and O–H groups in total. The smallest absolute Gasteiger partial charge is 0.253 e. The average molecular weight is 263 g/mol. The highest BCUT2D eigenvalue weighted by molar-refractivity contribution is 5.94. The molecule has 1 amide bonds. The molecular weight excluding hydrogens is 242 g/mol. The van der Waals surface area contributed by atoms with E-state index in [-0.39, 0.29) is 17.0 Å². The van der Waals surface area contributed by atoms with E-state index in [9.17, 15) is 9.59 Å². The molecule has 5 nitrogen and oxygen atoms in total. The number of hydrogen-bond donors (Lipinski definition) is 3. The lowest BCUT2D eigenvalue weighted by atomic mass is 9.73. The Morgan fingerprint density at radius 2 is 2.32 bits per heavy atom. The maximum Gasteiger partial charge on any atom is 0.253 e. The van der Waals surface area contributed by atoms with Gasteiger partial charge in [-0.1, -0.05) is 19.8 Å². The van der Waals surface area contributed by atoms with Gasteiger partial charge in [0.1, 0.15) is 0 Å². The van der Waals surface area contributed by atoms with Gasteiger partial charge < -0.3 is 16.0 Å². The number of pyridine rings is 1. The molecule has 0 spiro atoms. The third kappa shape index (κ3) is 2.87. The van der Waals surface area contributed by atoms with Crippen molar-refractivity contribution in [2.75, 3.05) is 6.54 Å². The van der Waals surface area contributed by atoms with Crippen LogP contribution in [0.5, 0.6) is 0 Å². The third-order valence-corrected chi connectivity index (χ3v) is 4.23. The first-order chi connectivity index (χ1) is 9.07. The van der Waals surface area contributed by atoms with Crippen LogP contribution in [0, 0.1) is 5.92 Å². The number of amides is 1. The summed E-state index contributed by atoms with van der Waals surface area (Å²) in [6.45, 7) is 2.59. The molecule has 2 unspecified atom stereocenters. The van der Waals surface area contributed by atoms with Gasteiger partial charge in [0.15, 0.2) is 0 Å². The molecule has 104 valence electrons. The Balaban J connectivity index is 2.15. The van der Waals surface area contributed by atoms with Crippen molar-refractivity contribution in [1.29, 1.82) is 0 Å². The third-order valence-electron chi connectivity index (χ3n) is 4.23. The van der Waals surface area contributed by atoms with Crippen molar-refractivity contribution in [3.05, 3.63) is 34.2 Å². The Bertz CT molecular complexity index is 491. The molecule has 0 bridgehead atoms. The summed E-state index contributed by atoms with van der Waals surface area (Å²) in [5.41, 5.74) is 5.84. The van der Waals surface area contributed by atoms with Gasteiger partial charge in [0, 0.05) is 18.8 Å². The first-order valence-electron chi connectivity index (χ1n) is 6.79. The standard InChI is InChI=1S/C14H21N3O2/c1-10-4-2-3-7-14(10,9-15)17-13(19)11-5-6-12(18)16-8-11/h5-6,8,10H,2-4,7,9,15H2,1H3,(H,16,18)(H,17,19). The summed E-state index contributed by atoms with van der Waals surface area (Å²) in [6, 6.07) is 2.89. The van der Waals surface area contributed by atoms with Crippen molar-refractivity contribution in [3.8, 4) is 0 Å². The molecular formula is C14H21N3O2. The van der Waals surface area contributed by atoms with Crippen LogP contribution in [0.4, 0.5) is 0 Å². The van der Waals surface area contributed by atoms with Gasteiger partial charge in [-0.3, -0.25) is 9.59 Å². The van der Waals surface area contributed by atoms with Crippen LogP contribution in [-0.2, 0) is 0 Å². The number of hydrogen-bond acceptors (Lipinski definition) is 3. The Morgan fingerprint density at radius 3 is 2.89 bits per heavy atom. The maximum absolute atomic E-state index is 12.2. The quantitative estimate of drug-likeness (QED) is 0.760. The Morgan fingerprint density at radius 1 is 1.53 bits per heavy atom. The Kier molecular flexibility index (Phi) is 4.04. The zero-order valence-corrected chi connectivity index (χ0v) is 11.2. The molecule has 0 aliphatic heterocycles. The second-order valence-electron chi connectivity index (χ2n) is 5.40. The summed E-state index contributed by atoms with van der Waals surface area (Å²) in [5, 5.41) is 3.08. The number of carbonyl (C=O) groups is 1. The van der Waals surface area contributed by atoms with Crippen molar-refractivity contribution >= 4 is 5.91 Å². The highest BCUT2D eigenvalue weighted by Crippen LogP contribution is 2.33. The van der Waals surface area contributed by atoms with E-state index in [0.29, 0.717) is 18.0 Å². The fraction of sp³-hybridized carbons (Fsp3) is 0.571. The van der Waals surface area contributed by atoms with Crippen LogP contribution < -0.4 is 16.6 Å². The molecule has 1 saturated carbocycles. The molecule has 1 aliphatic carbocycles. The summed E-state index contributed by atoms with van der Waals surface area (Å²) in [7, 11) is 0. The molecule has 2 rings (SSSR count). The first-order valence-corrected chi connectivity index (χ1v) is 6.79. The molecule has 1 aromatic heterocycles. The zero-order valence-electron chi connectivity index (χ0n) is 11.2. The largest absolute Gasteiger partial charge is 0.345 e. The SMILES string of the molecule is CC1CCCCC1(CN)NC(=O)c1ccc(=O)[nH]c1. The van der Waals surface area contributed by atoms with E-state index in [0.717, 1.165) is 19.3 Å². The minimum atomic E-state index is -0.314. The summed E-state index contributed by atoms with van der Waals surface area (Å²) in [5.74, 6) is 0.202. The minimum Gasteiger partial charge on any atom is -0.345 e. The van der Waals surface area contributed by atoms with Crippen molar-refractivity contribution in [1.82, 2.24) is 10.3 Å². The maximum atomic E-state index is 12.2. The average Bonchev–Trinajstić information content (AvgIpc) is 2.42. The molecule has 5 heteroatoms. The van der Waals surface area contributed by atoms with Gasteiger partial charge in [-0.2, -0.15) is 0 Å². The number of aromatic amines is 1. The number of H-pyrrole nitrogens is 1. The molecule has 1 aliphatic rings. The lowest BCUT2D eigenvalue weighted by Gasteiger charge is -2.42. The van der Waals surface area contributed by atoms with Crippen LogP contribution in [0.2, 0.25) is 0 Å². The second-order valence-corrected chi connectivity index (χ2v) is 5.40. The minimum absolute atomic E-state index is 0.171. The van der Waals surface area contributed by atoms with Crippen molar-refractivity contribution in [3.63, 3.8) is 0 Å². The highest BCUT2D eigenvalue weighted by atomic mass is 16.2. The first kappa shape index (κ1) is 13.8. The van der Waals surface area contributed by atoms with E-state index in [1.807, 2.05) is 0 Å². The van der Waals surface area contributed by atoms with E-state index in [1.54, 1.807) is 0 Å². The van der Waals surface area contributed by atoms with Gasteiger partial charge in [-0.15, -0.1) is 0 Å². The number of nitrogens with two attached hydrogens (primary N) is 1. The van der Waals surface area contributed by atoms with Crippen LogP contribution in [-0.4, -0.2) is 23.0 Å². The Hall–Kier alpha value is -1.62. The van der Waals surface area contributed by atoms with Gasteiger partial charge in [-0.25, -0.2) is 0 Å². The lowest BCUT2D eigenvalue weighted by molar-refractivity contribution is 0.0812. The Labute approximate surface area is 112 Å². The highest BCUT2D eigenvalue weighted by Gasteiger charge is 2.38. The van der Waals surface area contributed by atoms with Crippen LogP contribution >= 0.6 is 0 Å². The molecule has 19 heavy (non-hydrogen) atoms. The van der Waals surface area contributed by atoms with Crippen molar-refractivity contribution < 1.29 is 4.79 Å². The van der Waals surface area contributed by atoms with Gasteiger partial charge >= 0.3 is 0 Å². The predicted octanol–water partition coefficient (Wildman–Crippen LogP) is 1.01. The molecule has 0 radical (unpaired) electrons. The molecule has 1 aromatic rings. The normalized spacial score (nSPS) is 26.9. The summed E-state index contributed by atoms with van der Waals surface area (Å²) in [4.78, 5) is 25.8. The van der Waals surface area contributed by atoms with Crippen molar-refractivity contribution in [2.24, 2.45) is 11.7 Å². The molecule has 1 heterocycles. The number of rotatable bonds is 3. The van der Waals surface area contributed by atoms with Gasteiger partial charge in [-0.05, 0) is 24.8 Å². The number of nitrogens with one attached hydrogen (secondary N) is 2. The summed E-state index contributed by atoms with van der Waals surface area (Å²) < 4.78 is 0. The van der Waals surface area contributed by atoms with Gasteiger partial charge in [0.25, 0.3) is 5.91 Å².